The Kier molecular flexibility index (Phi) is 6.92. The molecule has 0 aliphatic heterocycles. The van der Waals surface area contributed by atoms with Gasteiger partial charge < -0.3 is 15.4 Å². The molecule has 1 aromatic heterocycles. The van der Waals surface area contributed by atoms with Crippen molar-refractivity contribution in [2.75, 3.05) is 12.4 Å². The molecule has 1 fully saturated rings. The van der Waals surface area contributed by atoms with Crippen LogP contribution in [0.25, 0.3) is 10.9 Å². The van der Waals surface area contributed by atoms with E-state index in [0.29, 0.717) is 17.5 Å². The molecule has 2 N–H and O–H groups in total. The van der Waals surface area contributed by atoms with E-state index in [1.54, 1.807) is 7.11 Å². The Labute approximate surface area is 188 Å². The number of anilines is 1. The molecule has 0 unspecified atom stereocenters. The van der Waals surface area contributed by atoms with Gasteiger partial charge in [0.15, 0.2) is 0 Å². The third-order valence-corrected chi connectivity index (χ3v) is 6.17. The van der Waals surface area contributed by atoms with Crippen LogP contribution in [0.3, 0.4) is 0 Å². The second-order valence-electron chi connectivity index (χ2n) is 8.13. The summed E-state index contributed by atoms with van der Waals surface area (Å²) < 4.78 is 5.25. The smallest absolute Gasteiger partial charge is 0.220 e. The first-order chi connectivity index (χ1) is 15.1. The van der Waals surface area contributed by atoms with Crippen molar-refractivity contribution in [2.45, 2.75) is 50.6 Å². The lowest BCUT2D eigenvalue weighted by Crippen LogP contribution is -2.40. The number of benzene rings is 2. The van der Waals surface area contributed by atoms with E-state index in [0.717, 1.165) is 60.0 Å². The maximum atomic E-state index is 12.4. The van der Waals surface area contributed by atoms with Gasteiger partial charge in [-0.1, -0.05) is 23.7 Å². The van der Waals surface area contributed by atoms with Crippen LogP contribution in [0.15, 0.2) is 54.7 Å². The van der Waals surface area contributed by atoms with Gasteiger partial charge in [-0.2, -0.15) is 0 Å². The van der Waals surface area contributed by atoms with Gasteiger partial charge in [-0.15, -0.1) is 0 Å². The number of hydrogen-bond donors (Lipinski definition) is 2. The van der Waals surface area contributed by atoms with Crippen molar-refractivity contribution < 1.29 is 9.53 Å². The van der Waals surface area contributed by atoms with Crippen molar-refractivity contribution >= 4 is 34.1 Å². The Bertz CT molecular complexity index is 1050. The van der Waals surface area contributed by atoms with Gasteiger partial charge >= 0.3 is 0 Å². The van der Waals surface area contributed by atoms with E-state index < -0.39 is 0 Å². The monoisotopic (exact) mass is 437 g/mol. The molecule has 2 aromatic carbocycles. The van der Waals surface area contributed by atoms with Gasteiger partial charge in [0, 0.05) is 40.8 Å². The minimum atomic E-state index is 0.122. The van der Waals surface area contributed by atoms with Gasteiger partial charge in [0.25, 0.3) is 0 Å². The Morgan fingerprint density at radius 2 is 1.90 bits per heavy atom. The SMILES string of the molecule is COc1cccc(CCC(=O)NC2CCC(Nc3ccnc4cc(Cl)ccc34)CC2)c1. The molecule has 162 valence electrons. The van der Waals surface area contributed by atoms with Crippen LogP contribution in [-0.4, -0.2) is 30.1 Å². The lowest BCUT2D eigenvalue weighted by molar-refractivity contribution is -0.122. The Morgan fingerprint density at radius 1 is 1.10 bits per heavy atom. The van der Waals surface area contributed by atoms with Crippen molar-refractivity contribution in [3.63, 3.8) is 0 Å². The predicted octanol–water partition coefficient (Wildman–Crippen LogP) is 5.37. The third-order valence-electron chi connectivity index (χ3n) is 5.93. The first kappa shape index (κ1) is 21.4. The number of fused-ring (bicyclic) bond motifs is 1. The van der Waals surface area contributed by atoms with Crippen LogP contribution in [0.1, 0.15) is 37.7 Å². The largest absolute Gasteiger partial charge is 0.497 e. The number of carbonyl (C=O) groups is 1. The zero-order chi connectivity index (χ0) is 21.6. The molecule has 3 aromatic rings. The number of aryl methyl sites for hydroxylation is 1. The average molecular weight is 438 g/mol. The number of carbonyl (C=O) groups excluding carboxylic acids is 1. The van der Waals surface area contributed by atoms with Gasteiger partial charge in [0.1, 0.15) is 5.75 Å². The van der Waals surface area contributed by atoms with Gasteiger partial charge in [-0.05, 0) is 74.1 Å². The molecule has 31 heavy (non-hydrogen) atoms. The normalized spacial score (nSPS) is 18.5. The fourth-order valence-corrected chi connectivity index (χ4v) is 4.40. The number of hydrogen-bond acceptors (Lipinski definition) is 4. The zero-order valence-corrected chi connectivity index (χ0v) is 18.5. The number of methoxy groups -OCH3 is 1. The van der Waals surface area contributed by atoms with E-state index in [2.05, 4.69) is 15.6 Å². The minimum absolute atomic E-state index is 0.122. The van der Waals surface area contributed by atoms with Crippen molar-refractivity contribution in [1.29, 1.82) is 0 Å². The standard InChI is InChI=1S/C25H28ClN3O2/c1-31-21-4-2-3-17(15-21)5-12-25(30)29-20-9-7-19(8-10-20)28-23-13-14-27-24-16-18(26)6-11-22(23)24/h2-4,6,11,13-16,19-20H,5,7-10,12H2,1H3,(H,27,28)(H,29,30). The number of ether oxygens (including phenoxy) is 1. The summed E-state index contributed by atoms with van der Waals surface area (Å²) in [5.41, 5.74) is 3.11. The summed E-state index contributed by atoms with van der Waals surface area (Å²) in [6, 6.07) is 16.4. The van der Waals surface area contributed by atoms with E-state index in [-0.39, 0.29) is 11.9 Å². The Balaban J connectivity index is 1.25. The second kappa shape index (κ2) is 10.0. The number of aromatic nitrogens is 1. The van der Waals surface area contributed by atoms with Crippen LogP contribution in [0.5, 0.6) is 5.75 Å². The average Bonchev–Trinajstić information content (AvgIpc) is 2.79. The van der Waals surface area contributed by atoms with E-state index >= 15 is 0 Å². The lowest BCUT2D eigenvalue weighted by Gasteiger charge is -2.30. The second-order valence-corrected chi connectivity index (χ2v) is 8.57. The van der Waals surface area contributed by atoms with E-state index in [9.17, 15) is 4.79 Å². The van der Waals surface area contributed by atoms with E-state index in [4.69, 9.17) is 16.3 Å². The van der Waals surface area contributed by atoms with Crippen LogP contribution in [0.4, 0.5) is 5.69 Å². The van der Waals surface area contributed by atoms with Crippen molar-refractivity contribution in [3.05, 3.63) is 65.3 Å². The quantitative estimate of drug-likeness (QED) is 0.521. The van der Waals surface area contributed by atoms with Crippen LogP contribution in [0, 0.1) is 0 Å². The molecule has 0 radical (unpaired) electrons. The third kappa shape index (κ3) is 5.67. The molecule has 1 aliphatic rings. The van der Waals surface area contributed by atoms with Gasteiger partial charge in [0.2, 0.25) is 5.91 Å². The summed E-state index contributed by atoms with van der Waals surface area (Å²) in [5, 5.41) is 8.66. The zero-order valence-electron chi connectivity index (χ0n) is 17.7. The summed E-state index contributed by atoms with van der Waals surface area (Å²) in [6.45, 7) is 0. The highest BCUT2D eigenvalue weighted by Crippen LogP contribution is 2.28. The van der Waals surface area contributed by atoms with Gasteiger partial charge in [-0.25, -0.2) is 0 Å². The lowest BCUT2D eigenvalue weighted by atomic mass is 9.90. The van der Waals surface area contributed by atoms with Crippen LogP contribution >= 0.6 is 11.6 Å². The molecule has 1 aliphatic carbocycles. The molecule has 4 rings (SSSR count). The number of pyridine rings is 1. The first-order valence-corrected chi connectivity index (χ1v) is 11.2. The highest BCUT2D eigenvalue weighted by molar-refractivity contribution is 6.31. The highest BCUT2D eigenvalue weighted by Gasteiger charge is 2.22. The molecule has 0 spiro atoms. The van der Waals surface area contributed by atoms with Crippen LogP contribution < -0.4 is 15.4 Å². The maximum absolute atomic E-state index is 12.4. The summed E-state index contributed by atoms with van der Waals surface area (Å²) in [4.78, 5) is 16.8. The molecule has 1 saturated carbocycles. The Morgan fingerprint density at radius 3 is 2.71 bits per heavy atom. The fourth-order valence-electron chi connectivity index (χ4n) is 4.23. The number of rotatable bonds is 7. The molecule has 1 amide bonds. The molecule has 6 heteroatoms. The fraction of sp³-hybridized carbons (Fsp3) is 0.360. The molecular weight excluding hydrogens is 410 g/mol. The molecule has 0 bridgehead atoms. The summed E-state index contributed by atoms with van der Waals surface area (Å²) >= 11 is 6.09. The predicted molar refractivity (Wildman–Crippen MR) is 126 cm³/mol. The van der Waals surface area contributed by atoms with Gasteiger partial charge in [-0.3, -0.25) is 9.78 Å². The molecule has 0 atom stereocenters. The van der Waals surface area contributed by atoms with Crippen molar-refractivity contribution in [2.24, 2.45) is 0 Å². The van der Waals surface area contributed by atoms with Crippen molar-refractivity contribution in [1.82, 2.24) is 10.3 Å². The van der Waals surface area contributed by atoms with Crippen LogP contribution in [0.2, 0.25) is 5.02 Å². The Hall–Kier alpha value is -2.79. The highest BCUT2D eigenvalue weighted by atomic mass is 35.5. The van der Waals surface area contributed by atoms with Gasteiger partial charge in [0.05, 0.1) is 12.6 Å². The van der Waals surface area contributed by atoms with E-state index in [1.165, 1.54) is 0 Å². The molecule has 0 saturated heterocycles. The van der Waals surface area contributed by atoms with Crippen molar-refractivity contribution in [3.8, 4) is 5.75 Å². The summed E-state index contributed by atoms with van der Waals surface area (Å²) in [7, 11) is 1.66. The summed E-state index contributed by atoms with van der Waals surface area (Å²) in [6.07, 6.45) is 7.05. The number of halogens is 1. The minimum Gasteiger partial charge on any atom is -0.497 e. The van der Waals surface area contributed by atoms with Crippen LogP contribution in [-0.2, 0) is 11.2 Å². The number of nitrogens with one attached hydrogen (secondary N) is 2. The van der Waals surface area contributed by atoms with E-state index in [1.807, 2.05) is 54.7 Å². The summed E-state index contributed by atoms with van der Waals surface area (Å²) in [5.74, 6) is 0.949. The topological polar surface area (TPSA) is 63.2 Å². The number of nitrogens with zero attached hydrogens (tertiary/aromatic N) is 1. The molecule has 5 nitrogen and oxygen atoms in total. The first-order valence-electron chi connectivity index (χ1n) is 10.8. The maximum Gasteiger partial charge on any atom is 0.220 e. The number of amides is 1. The molecular formula is C25H28ClN3O2. The molecule has 1 heterocycles.